The maximum atomic E-state index is 13.0. The summed E-state index contributed by atoms with van der Waals surface area (Å²) in [6, 6.07) is 9.68. The van der Waals surface area contributed by atoms with E-state index in [1.165, 1.54) is 0 Å². The average molecular weight is 410 g/mol. The third kappa shape index (κ3) is 4.10. The number of likely N-dealkylation sites (tertiary alicyclic amines) is 1. The Morgan fingerprint density at radius 2 is 2.00 bits per heavy atom. The number of nitrogens with zero attached hydrogens (tertiary/aromatic N) is 1. The Balaban J connectivity index is 1.45. The number of aryl methyl sites for hydroxylation is 3. The van der Waals surface area contributed by atoms with Gasteiger partial charge in [-0.2, -0.15) is 0 Å². The fourth-order valence-electron chi connectivity index (χ4n) is 4.39. The molecule has 0 spiro atoms. The zero-order valence-electron chi connectivity index (χ0n) is 17.3. The molecule has 1 aromatic carbocycles. The van der Waals surface area contributed by atoms with E-state index in [0.29, 0.717) is 43.7 Å². The van der Waals surface area contributed by atoms with Crippen LogP contribution in [-0.2, 0) is 17.6 Å². The number of fused-ring (bicyclic) bond motifs is 1. The van der Waals surface area contributed by atoms with Crippen molar-refractivity contribution < 1.29 is 18.7 Å². The van der Waals surface area contributed by atoms with Crippen LogP contribution in [0.1, 0.15) is 40.1 Å². The maximum Gasteiger partial charge on any atom is 0.349 e. The Kier molecular flexibility index (Phi) is 5.61. The third-order valence-electron chi connectivity index (χ3n) is 6.05. The van der Waals surface area contributed by atoms with Gasteiger partial charge in [-0.05, 0) is 49.1 Å². The van der Waals surface area contributed by atoms with Crippen molar-refractivity contribution in [2.24, 2.45) is 5.92 Å². The van der Waals surface area contributed by atoms with Crippen molar-refractivity contribution in [1.82, 2.24) is 10.2 Å². The average Bonchev–Trinajstić information content (AvgIpc) is 3.11. The van der Waals surface area contributed by atoms with Crippen LogP contribution in [0.3, 0.4) is 0 Å². The van der Waals surface area contributed by atoms with E-state index in [1.54, 1.807) is 25.0 Å². The van der Waals surface area contributed by atoms with E-state index >= 15 is 0 Å². The van der Waals surface area contributed by atoms with Gasteiger partial charge in [0.2, 0.25) is 5.91 Å². The molecule has 0 unspecified atom stereocenters. The molecule has 2 aromatic rings. The molecule has 0 bridgehead atoms. The lowest BCUT2D eigenvalue weighted by Gasteiger charge is -2.34. The van der Waals surface area contributed by atoms with Gasteiger partial charge in [-0.25, -0.2) is 4.79 Å². The highest BCUT2D eigenvalue weighted by Crippen LogP contribution is 2.26. The zero-order valence-corrected chi connectivity index (χ0v) is 17.3. The van der Waals surface area contributed by atoms with Crippen molar-refractivity contribution >= 4 is 11.8 Å². The van der Waals surface area contributed by atoms with Crippen LogP contribution in [0.15, 0.2) is 39.5 Å². The summed E-state index contributed by atoms with van der Waals surface area (Å²) in [5.41, 5.74) is 1.24. The molecule has 30 heavy (non-hydrogen) atoms. The van der Waals surface area contributed by atoms with Crippen LogP contribution in [0.25, 0.3) is 0 Å². The second kappa shape index (κ2) is 8.34. The number of rotatable bonds is 5. The lowest BCUT2D eigenvalue weighted by atomic mass is 9.92. The fourth-order valence-corrected chi connectivity index (χ4v) is 4.39. The van der Waals surface area contributed by atoms with Crippen molar-refractivity contribution in [1.29, 1.82) is 0 Å². The summed E-state index contributed by atoms with van der Waals surface area (Å²) in [6.07, 6.45) is 2.44. The third-order valence-corrected chi connectivity index (χ3v) is 6.05. The minimum Gasteiger partial charge on any atom is -0.497 e. The van der Waals surface area contributed by atoms with Gasteiger partial charge < -0.3 is 19.4 Å². The van der Waals surface area contributed by atoms with Gasteiger partial charge in [0.15, 0.2) is 0 Å². The summed E-state index contributed by atoms with van der Waals surface area (Å²) < 4.78 is 10.6. The standard InChI is InChI=1S/C23H26N2O5/c1-14-11-18(8-5-15-3-6-17(29-2)7-4-15)30-23(28)21(14)22(27)25-10-9-19-16(13-25)12-20(26)24-19/h3-4,6-7,11,16,19H,5,8-10,12-13H2,1-2H3,(H,24,26)/t16-,19+/m1/s1. The number of ether oxygens (including phenoxy) is 1. The highest BCUT2D eigenvalue weighted by Gasteiger charge is 2.39. The molecule has 2 aliphatic rings. The van der Waals surface area contributed by atoms with Crippen molar-refractivity contribution in [3.63, 3.8) is 0 Å². The predicted octanol–water partition coefficient (Wildman–Crippen LogP) is 2.09. The molecule has 3 heterocycles. The van der Waals surface area contributed by atoms with Crippen molar-refractivity contribution in [2.75, 3.05) is 20.2 Å². The molecule has 2 atom stereocenters. The van der Waals surface area contributed by atoms with Gasteiger partial charge in [0.25, 0.3) is 5.91 Å². The van der Waals surface area contributed by atoms with Gasteiger partial charge in [-0.1, -0.05) is 12.1 Å². The predicted molar refractivity (Wildman–Crippen MR) is 111 cm³/mol. The molecule has 158 valence electrons. The minimum absolute atomic E-state index is 0.0382. The molecule has 4 rings (SSSR count). The topological polar surface area (TPSA) is 88.9 Å². The summed E-state index contributed by atoms with van der Waals surface area (Å²) in [7, 11) is 1.63. The van der Waals surface area contributed by atoms with E-state index < -0.39 is 5.63 Å². The van der Waals surface area contributed by atoms with Crippen molar-refractivity contribution in [3.05, 3.63) is 63.2 Å². The minimum atomic E-state index is -0.590. The number of piperidine rings is 1. The van der Waals surface area contributed by atoms with E-state index in [2.05, 4.69) is 5.32 Å². The smallest absolute Gasteiger partial charge is 0.349 e. The second-order valence-corrected chi connectivity index (χ2v) is 8.08. The summed E-state index contributed by atoms with van der Waals surface area (Å²) in [5, 5.41) is 2.96. The number of hydrogen-bond donors (Lipinski definition) is 1. The normalized spacial score (nSPS) is 20.6. The largest absolute Gasteiger partial charge is 0.497 e. The van der Waals surface area contributed by atoms with E-state index in [4.69, 9.17) is 9.15 Å². The number of amides is 2. The molecular weight excluding hydrogens is 384 g/mol. The van der Waals surface area contributed by atoms with Crippen LogP contribution >= 0.6 is 0 Å². The van der Waals surface area contributed by atoms with Crippen LogP contribution < -0.4 is 15.7 Å². The Morgan fingerprint density at radius 1 is 1.23 bits per heavy atom. The first-order valence-electron chi connectivity index (χ1n) is 10.3. The molecule has 2 amide bonds. The summed E-state index contributed by atoms with van der Waals surface area (Å²) in [6.45, 7) is 2.78. The van der Waals surface area contributed by atoms with E-state index in [-0.39, 0.29) is 29.3 Å². The van der Waals surface area contributed by atoms with Gasteiger partial charge in [0.05, 0.1) is 7.11 Å². The summed E-state index contributed by atoms with van der Waals surface area (Å²) in [4.78, 5) is 38.9. The first kappa shape index (κ1) is 20.2. The molecule has 1 aromatic heterocycles. The van der Waals surface area contributed by atoms with E-state index in [0.717, 1.165) is 17.7 Å². The Morgan fingerprint density at radius 3 is 2.70 bits per heavy atom. The maximum absolute atomic E-state index is 13.0. The lowest BCUT2D eigenvalue weighted by Crippen LogP contribution is -2.48. The number of methoxy groups -OCH3 is 1. The number of benzene rings is 1. The second-order valence-electron chi connectivity index (χ2n) is 8.08. The Hall–Kier alpha value is -3.09. The molecule has 7 nitrogen and oxygen atoms in total. The highest BCUT2D eigenvalue weighted by molar-refractivity contribution is 5.95. The van der Waals surface area contributed by atoms with Crippen LogP contribution in [0.2, 0.25) is 0 Å². The van der Waals surface area contributed by atoms with Gasteiger partial charge in [-0.3, -0.25) is 9.59 Å². The Labute approximate surface area is 175 Å². The lowest BCUT2D eigenvalue weighted by molar-refractivity contribution is -0.119. The number of carbonyl (C=O) groups excluding carboxylic acids is 2. The number of hydrogen-bond acceptors (Lipinski definition) is 5. The molecule has 2 aliphatic heterocycles. The quantitative estimate of drug-likeness (QED) is 0.815. The number of nitrogens with one attached hydrogen (secondary N) is 1. The monoisotopic (exact) mass is 410 g/mol. The van der Waals surface area contributed by atoms with Crippen molar-refractivity contribution in [3.8, 4) is 5.75 Å². The first-order valence-corrected chi connectivity index (χ1v) is 10.3. The SMILES string of the molecule is COc1ccc(CCc2cc(C)c(C(=O)N3CC[C@@H]4NC(=O)C[C@@H]4C3)c(=O)o2)cc1. The number of carbonyl (C=O) groups is 2. The summed E-state index contributed by atoms with van der Waals surface area (Å²) in [5.74, 6) is 1.21. The van der Waals surface area contributed by atoms with Gasteiger partial charge in [0, 0.05) is 37.9 Å². The fraction of sp³-hybridized carbons (Fsp3) is 0.435. The van der Waals surface area contributed by atoms with Gasteiger partial charge in [0.1, 0.15) is 17.1 Å². The molecule has 2 fully saturated rings. The molecule has 2 saturated heterocycles. The zero-order chi connectivity index (χ0) is 21.3. The molecule has 0 saturated carbocycles. The van der Waals surface area contributed by atoms with Gasteiger partial charge >= 0.3 is 5.63 Å². The first-order chi connectivity index (χ1) is 14.4. The summed E-state index contributed by atoms with van der Waals surface area (Å²) >= 11 is 0. The van der Waals surface area contributed by atoms with Crippen LogP contribution in [-0.4, -0.2) is 43.0 Å². The van der Waals surface area contributed by atoms with Crippen LogP contribution in [0.4, 0.5) is 0 Å². The Bertz CT molecular complexity index is 1010. The van der Waals surface area contributed by atoms with Crippen LogP contribution in [0, 0.1) is 12.8 Å². The molecule has 0 radical (unpaired) electrons. The van der Waals surface area contributed by atoms with E-state index in [1.807, 2.05) is 24.3 Å². The molecule has 1 N–H and O–H groups in total. The van der Waals surface area contributed by atoms with Crippen LogP contribution in [0.5, 0.6) is 5.75 Å². The molecule has 7 heteroatoms. The highest BCUT2D eigenvalue weighted by atomic mass is 16.5. The van der Waals surface area contributed by atoms with E-state index in [9.17, 15) is 14.4 Å². The van der Waals surface area contributed by atoms with Crippen molar-refractivity contribution in [2.45, 2.75) is 38.6 Å². The van der Waals surface area contributed by atoms with Gasteiger partial charge in [-0.15, -0.1) is 0 Å². The molecular formula is C23H26N2O5. The molecule has 0 aliphatic carbocycles.